The van der Waals surface area contributed by atoms with Crippen molar-refractivity contribution in [3.8, 4) is 0 Å². The molecule has 4 amide bonds. The largest absolute Gasteiger partial charge is 0.375 e. The van der Waals surface area contributed by atoms with E-state index in [2.05, 4.69) is 21.3 Å². The lowest BCUT2D eigenvalue weighted by Gasteiger charge is -2.38. The molecule has 4 N–H and O–H groups in total. The van der Waals surface area contributed by atoms with Gasteiger partial charge in [-0.15, -0.1) is 0 Å². The standard InChI is InChI=1S/C38H65N5O5/c1-3-43(4-2)38(47)34-25-28-13-9-15-31(23-28)48-30-14-8-12-27(22-30)24-33(41-35(44)29-18-20-39-21-19-29)37(46)40-32(36(45)42-34)17-16-26-10-6-5-7-11-26/h26-34,39H,3-25H2,1-2H3,(H,40,46)(H,41,44)(H,42,45)/t27?,28?,30?,31?,32-,33-,34-/m0/s1. The highest BCUT2D eigenvalue weighted by molar-refractivity contribution is 5.94. The first kappa shape index (κ1) is 37.1. The molecular formula is C38H65N5O5. The summed E-state index contributed by atoms with van der Waals surface area (Å²) in [6, 6.07) is -2.10. The fourth-order valence-electron chi connectivity index (χ4n) is 9.37. The number of rotatable bonds is 8. The molecule has 3 aliphatic carbocycles. The zero-order valence-corrected chi connectivity index (χ0v) is 29.9. The molecule has 2 aliphatic heterocycles. The summed E-state index contributed by atoms with van der Waals surface area (Å²) >= 11 is 0. The number of ether oxygens (including phenoxy) is 1. The lowest BCUT2D eigenvalue weighted by molar-refractivity contribution is -0.139. The van der Waals surface area contributed by atoms with Gasteiger partial charge in [0, 0.05) is 19.0 Å². The average molecular weight is 672 g/mol. The van der Waals surface area contributed by atoms with Crippen molar-refractivity contribution in [2.75, 3.05) is 26.2 Å². The Balaban J connectivity index is 1.41. The molecule has 0 aromatic heterocycles. The van der Waals surface area contributed by atoms with Crippen LogP contribution in [0.1, 0.15) is 136 Å². The molecule has 4 bridgehead atoms. The second-order valence-electron chi connectivity index (χ2n) is 15.7. The van der Waals surface area contributed by atoms with Gasteiger partial charge in [-0.2, -0.15) is 0 Å². The Morgan fingerprint density at radius 3 is 2.02 bits per heavy atom. The third-order valence-electron chi connectivity index (χ3n) is 12.2. The molecule has 2 heterocycles. The van der Waals surface area contributed by atoms with Crippen molar-refractivity contribution in [2.45, 2.75) is 166 Å². The normalized spacial score (nSPS) is 33.2. The molecule has 10 heteroatoms. The number of carbonyl (C=O) groups excluding carboxylic acids is 4. The molecule has 7 atom stereocenters. The van der Waals surface area contributed by atoms with Crippen molar-refractivity contribution in [3.05, 3.63) is 0 Å². The number of nitrogens with one attached hydrogen (secondary N) is 4. The van der Waals surface area contributed by atoms with Crippen molar-refractivity contribution >= 4 is 23.6 Å². The lowest BCUT2D eigenvalue weighted by atomic mass is 9.81. The molecule has 0 radical (unpaired) electrons. The minimum atomic E-state index is -0.751. The first-order chi connectivity index (χ1) is 23.3. The highest BCUT2D eigenvalue weighted by Crippen LogP contribution is 2.36. The van der Waals surface area contributed by atoms with Crippen LogP contribution < -0.4 is 21.3 Å². The van der Waals surface area contributed by atoms with Crippen LogP contribution in [0.3, 0.4) is 0 Å². The van der Waals surface area contributed by atoms with Gasteiger partial charge in [0.25, 0.3) is 0 Å². The summed E-state index contributed by atoms with van der Waals surface area (Å²) < 4.78 is 6.77. The fraction of sp³-hybridized carbons (Fsp3) is 0.895. The molecule has 2 saturated heterocycles. The second kappa shape index (κ2) is 18.7. The van der Waals surface area contributed by atoms with Crippen LogP contribution >= 0.6 is 0 Å². The second-order valence-corrected chi connectivity index (χ2v) is 15.7. The summed E-state index contributed by atoms with van der Waals surface area (Å²) in [6.45, 7) is 6.73. The maximum Gasteiger partial charge on any atom is 0.245 e. The monoisotopic (exact) mass is 671 g/mol. The van der Waals surface area contributed by atoms with Crippen molar-refractivity contribution in [2.24, 2.45) is 23.7 Å². The molecule has 4 unspecified atom stereocenters. The molecule has 0 aromatic rings. The van der Waals surface area contributed by atoms with Crippen LogP contribution in [0.2, 0.25) is 0 Å². The molecule has 272 valence electrons. The van der Waals surface area contributed by atoms with Gasteiger partial charge in [0.1, 0.15) is 18.1 Å². The van der Waals surface area contributed by atoms with Gasteiger partial charge >= 0.3 is 0 Å². The quantitative estimate of drug-likeness (QED) is 0.299. The minimum absolute atomic E-state index is 0.0444. The Kier molecular flexibility index (Phi) is 14.4. The Bertz CT molecular complexity index is 1060. The van der Waals surface area contributed by atoms with Gasteiger partial charge in [-0.1, -0.05) is 57.8 Å². The van der Waals surface area contributed by atoms with Crippen LogP contribution in [0, 0.1) is 23.7 Å². The SMILES string of the molecule is CCN(CC)C(=O)[C@@H]1CC2CCCC(C2)OC2CCCC(C2)C[C@H](NC(=O)C2CCNCC2)C(=O)N[C@@H](CCC2CCCCC2)C(=O)N1. The highest BCUT2D eigenvalue weighted by Gasteiger charge is 2.37. The van der Waals surface area contributed by atoms with Crippen molar-refractivity contribution in [3.63, 3.8) is 0 Å². The Labute approximate surface area is 289 Å². The van der Waals surface area contributed by atoms with E-state index in [1.54, 1.807) is 0 Å². The number of hydrogen-bond acceptors (Lipinski definition) is 6. The molecule has 5 aliphatic rings. The van der Waals surface area contributed by atoms with Gasteiger partial charge in [0.15, 0.2) is 0 Å². The van der Waals surface area contributed by atoms with Gasteiger partial charge in [-0.3, -0.25) is 19.2 Å². The average Bonchev–Trinajstić information content (AvgIpc) is 3.10. The van der Waals surface area contributed by atoms with E-state index in [1.165, 1.54) is 19.3 Å². The Morgan fingerprint density at radius 1 is 0.729 bits per heavy atom. The van der Waals surface area contributed by atoms with Crippen molar-refractivity contribution in [1.29, 1.82) is 0 Å². The lowest BCUT2D eigenvalue weighted by Crippen LogP contribution is -2.58. The Hall–Kier alpha value is -2.20. The minimum Gasteiger partial charge on any atom is -0.375 e. The third kappa shape index (κ3) is 10.6. The van der Waals surface area contributed by atoms with Crippen LogP contribution in [-0.2, 0) is 23.9 Å². The number of piperidine rings is 1. The molecule has 0 aromatic carbocycles. The molecular weight excluding hydrogens is 606 g/mol. The molecule has 5 fully saturated rings. The maximum atomic E-state index is 14.2. The van der Waals surface area contributed by atoms with E-state index >= 15 is 0 Å². The molecule has 48 heavy (non-hydrogen) atoms. The zero-order chi connectivity index (χ0) is 33.9. The number of nitrogens with zero attached hydrogens (tertiary/aromatic N) is 1. The number of carbonyl (C=O) groups is 4. The fourth-order valence-corrected chi connectivity index (χ4v) is 9.37. The van der Waals surface area contributed by atoms with Gasteiger partial charge in [0.05, 0.1) is 12.2 Å². The third-order valence-corrected chi connectivity index (χ3v) is 12.2. The topological polar surface area (TPSA) is 129 Å². The van der Waals surface area contributed by atoms with Crippen LogP contribution in [0.15, 0.2) is 0 Å². The number of amides is 4. The van der Waals surface area contributed by atoms with Crippen LogP contribution in [0.25, 0.3) is 0 Å². The zero-order valence-electron chi connectivity index (χ0n) is 29.9. The molecule has 10 nitrogen and oxygen atoms in total. The smallest absolute Gasteiger partial charge is 0.245 e. The van der Waals surface area contributed by atoms with E-state index in [0.29, 0.717) is 44.2 Å². The number of hydrogen-bond donors (Lipinski definition) is 4. The van der Waals surface area contributed by atoms with E-state index in [1.807, 2.05) is 18.7 Å². The van der Waals surface area contributed by atoms with Crippen LogP contribution in [0.4, 0.5) is 0 Å². The summed E-state index contributed by atoms with van der Waals surface area (Å²) in [6.07, 6.45) is 18.4. The van der Waals surface area contributed by atoms with Crippen molar-refractivity contribution in [1.82, 2.24) is 26.2 Å². The van der Waals surface area contributed by atoms with Gasteiger partial charge in [-0.25, -0.2) is 0 Å². The highest BCUT2D eigenvalue weighted by atomic mass is 16.5. The summed E-state index contributed by atoms with van der Waals surface area (Å²) in [5.74, 6) is 0.342. The Morgan fingerprint density at radius 2 is 1.38 bits per heavy atom. The summed E-state index contributed by atoms with van der Waals surface area (Å²) in [5, 5.41) is 12.8. The van der Waals surface area contributed by atoms with Gasteiger partial charge < -0.3 is 30.9 Å². The number of likely N-dealkylation sites (N-methyl/N-ethyl adjacent to an activating group) is 1. The predicted molar refractivity (Wildman–Crippen MR) is 187 cm³/mol. The van der Waals surface area contributed by atoms with E-state index < -0.39 is 18.1 Å². The summed E-state index contributed by atoms with van der Waals surface area (Å²) in [4.78, 5) is 57.7. The predicted octanol–water partition coefficient (Wildman–Crippen LogP) is 4.60. The van der Waals surface area contributed by atoms with Gasteiger partial charge in [0.2, 0.25) is 23.6 Å². The van der Waals surface area contributed by atoms with E-state index in [9.17, 15) is 19.2 Å². The summed E-state index contributed by atoms with van der Waals surface area (Å²) in [7, 11) is 0. The van der Waals surface area contributed by atoms with Crippen LogP contribution in [-0.4, -0.2) is 85.0 Å². The maximum absolute atomic E-state index is 14.2. The molecule has 0 spiro atoms. The van der Waals surface area contributed by atoms with E-state index in [4.69, 9.17) is 4.74 Å². The van der Waals surface area contributed by atoms with E-state index in [-0.39, 0.29) is 47.7 Å². The molecule has 5 rings (SSSR count). The first-order valence-electron chi connectivity index (χ1n) is 19.9. The first-order valence-corrected chi connectivity index (χ1v) is 19.9. The summed E-state index contributed by atoms with van der Waals surface area (Å²) in [5.41, 5.74) is 0. The van der Waals surface area contributed by atoms with Crippen molar-refractivity contribution < 1.29 is 23.9 Å². The van der Waals surface area contributed by atoms with E-state index in [0.717, 1.165) is 96.6 Å². The number of fused-ring (bicyclic) bond motifs is 4. The van der Waals surface area contributed by atoms with Gasteiger partial charge in [-0.05, 0) is 109 Å². The van der Waals surface area contributed by atoms with Crippen LogP contribution in [0.5, 0.6) is 0 Å². The molecule has 3 saturated carbocycles.